The van der Waals surface area contributed by atoms with Crippen molar-refractivity contribution >= 4 is 0 Å². The van der Waals surface area contributed by atoms with Crippen LogP contribution in [0.4, 0.5) is 0 Å². The zero-order valence-electron chi connectivity index (χ0n) is 17.7. The molecular formula is C20H42O4. The van der Waals surface area contributed by atoms with Crippen molar-refractivity contribution in [2.24, 2.45) is 0 Å². The Kier molecular flexibility index (Phi) is 43.3. The van der Waals surface area contributed by atoms with Crippen molar-refractivity contribution in [3.05, 3.63) is 35.9 Å². The van der Waals surface area contributed by atoms with E-state index in [4.69, 9.17) is 9.47 Å². The second-order valence-corrected chi connectivity index (χ2v) is 4.90. The minimum absolute atomic E-state index is 0.384. The monoisotopic (exact) mass is 346 g/mol. The molecule has 0 saturated carbocycles. The second kappa shape index (κ2) is 33.6. The summed E-state index contributed by atoms with van der Waals surface area (Å²) in [6.07, 6.45) is 1.63. The van der Waals surface area contributed by atoms with Gasteiger partial charge in [-0.05, 0) is 26.3 Å². The molecule has 0 atom stereocenters. The van der Waals surface area contributed by atoms with Gasteiger partial charge in [-0.3, -0.25) is 0 Å². The van der Waals surface area contributed by atoms with Crippen molar-refractivity contribution in [1.29, 1.82) is 0 Å². The maximum absolute atomic E-state index is 4.93. The maximum atomic E-state index is 4.93. The zero-order valence-corrected chi connectivity index (χ0v) is 17.7. The normalized spacial score (nSPS) is 8.29. The van der Waals surface area contributed by atoms with Gasteiger partial charge >= 0.3 is 0 Å². The van der Waals surface area contributed by atoms with Gasteiger partial charge in [0.1, 0.15) is 0 Å². The van der Waals surface area contributed by atoms with Gasteiger partial charge in [0.25, 0.3) is 0 Å². The number of methoxy groups -OCH3 is 4. The van der Waals surface area contributed by atoms with Crippen LogP contribution in [0.25, 0.3) is 0 Å². The molecule has 0 fully saturated rings. The van der Waals surface area contributed by atoms with E-state index in [1.54, 1.807) is 35.5 Å². The SMILES string of the molecule is CCC.CCOC.COC.COC(C)C.COCc1ccccc1. The highest BCUT2D eigenvalue weighted by Gasteiger charge is 1.84. The lowest BCUT2D eigenvalue weighted by Gasteiger charge is -1.95. The lowest BCUT2D eigenvalue weighted by Crippen LogP contribution is -1.94. The first kappa shape index (κ1) is 30.9. The molecule has 4 nitrogen and oxygen atoms in total. The van der Waals surface area contributed by atoms with Crippen LogP contribution in [0.3, 0.4) is 0 Å². The standard InChI is InChI=1S/C8H10O.C4H10O.C3H8O.C3H8.C2H6O/c1-9-7-8-5-3-2-4-6-8;1-4(2)5-3;1-3-4-2;2*1-3-2/h2-6H,7H2,1H3;4H,1-3H3;3H2,1-2H3;3H2,1-2H3;1-2H3. The van der Waals surface area contributed by atoms with Crippen LogP contribution in [-0.4, -0.2) is 48.3 Å². The van der Waals surface area contributed by atoms with E-state index in [0.29, 0.717) is 12.7 Å². The predicted molar refractivity (Wildman–Crippen MR) is 106 cm³/mol. The molecule has 1 aromatic rings. The number of hydrogen-bond acceptors (Lipinski definition) is 4. The zero-order chi connectivity index (χ0) is 19.6. The van der Waals surface area contributed by atoms with Crippen LogP contribution in [0.15, 0.2) is 30.3 Å². The lowest BCUT2D eigenvalue weighted by atomic mass is 10.2. The third-order valence-electron chi connectivity index (χ3n) is 1.91. The maximum Gasteiger partial charge on any atom is 0.0713 e. The van der Waals surface area contributed by atoms with Gasteiger partial charge in [-0.1, -0.05) is 50.6 Å². The van der Waals surface area contributed by atoms with Crippen molar-refractivity contribution < 1.29 is 18.9 Å². The molecule has 0 bridgehead atoms. The van der Waals surface area contributed by atoms with E-state index in [1.807, 2.05) is 51.1 Å². The van der Waals surface area contributed by atoms with Crippen LogP contribution in [0.2, 0.25) is 0 Å². The Labute approximate surface area is 151 Å². The predicted octanol–water partition coefficient (Wildman–Crippen LogP) is 5.21. The molecule has 0 heterocycles. The molecule has 0 unspecified atom stereocenters. The molecule has 0 aliphatic carbocycles. The van der Waals surface area contributed by atoms with E-state index in [2.05, 4.69) is 23.3 Å². The quantitative estimate of drug-likeness (QED) is 0.750. The summed E-state index contributed by atoms with van der Waals surface area (Å²) in [7, 11) is 8.33. The largest absolute Gasteiger partial charge is 0.388 e. The summed E-state index contributed by atoms with van der Waals surface area (Å²) in [5, 5.41) is 0. The molecule has 0 aliphatic rings. The topological polar surface area (TPSA) is 36.9 Å². The molecule has 24 heavy (non-hydrogen) atoms. The van der Waals surface area contributed by atoms with E-state index < -0.39 is 0 Å². The smallest absolute Gasteiger partial charge is 0.0713 e. The van der Waals surface area contributed by atoms with Gasteiger partial charge in [-0.2, -0.15) is 0 Å². The molecular weight excluding hydrogens is 304 g/mol. The molecule has 146 valence electrons. The number of benzene rings is 1. The molecule has 0 aromatic heterocycles. The van der Waals surface area contributed by atoms with Gasteiger partial charge in [0.05, 0.1) is 12.7 Å². The van der Waals surface area contributed by atoms with Crippen LogP contribution < -0.4 is 0 Å². The number of ether oxygens (including phenoxy) is 4. The first-order valence-electron chi connectivity index (χ1n) is 8.39. The molecule has 1 aromatic carbocycles. The minimum atomic E-state index is 0.384. The van der Waals surface area contributed by atoms with Gasteiger partial charge in [0.2, 0.25) is 0 Å². The Hall–Kier alpha value is -0.940. The van der Waals surface area contributed by atoms with Crippen LogP contribution >= 0.6 is 0 Å². The Morgan fingerprint density at radius 3 is 1.33 bits per heavy atom. The average molecular weight is 347 g/mol. The van der Waals surface area contributed by atoms with Crippen LogP contribution in [0.5, 0.6) is 0 Å². The minimum Gasteiger partial charge on any atom is -0.388 e. The summed E-state index contributed by atoms with van der Waals surface area (Å²) < 4.78 is 18.5. The Morgan fingerprint density at radius 2 is 1.12 bits per heavy atom. The van der Waals surface area contributed by atoms with Gasteiger partial charge in [-0.15, -0.1) is 0 Å². The van der Waals surface area contributed by atoms with E-state index in [9.17, 15) is 0 Å². The van der Waals surface area contributed by atoms with Crippen molar-refractivity contribution in [3.8, 4) is 0 Å². The molecule has 0 amide bonds. The van der Waals surface area contributed by atoms with Crippen molar-refractivity contribution in [2.75, 3.05) is 42.2 Å². The highest BCUT2D eigenvalue weighted by Crippen LogP contribution is 1.98. The van der Waals surface area contributed by atoms with Crippen LogP contribution in [0.1, 0.15) is 46.6 Å². The van der Waals surface area contributed by atoms with E-state index >= 15 is 0 Å². The van der Waals surface area contributed by atoms with Crippen LogP contribution in [0, 0.1) is 0 Å². The summed E-state index contributed by atoms with van der Waals surface area (Å²) in [6, 6.07) is 10.1. The Morgan fingerprint density at radius 1 is 0.792 bits per heavy atom. The molecule has 1 rings (SSSR count). The highest BCUT2D eigenvalue weighted by atomic mass is 16.5. The first-order valence-corrected chi connectivity index (χ1v) is 8.39. The fourth-order valence-corrected chi connectivity index (χ4v) is 0.741. The number of rotatable bonds is 4. The summed E-state index contributed by atoms with van der Waals surface area (Å²) >= 11 is 0. The molecule has 4 heteroatoms. The molecule has 0 spiro atoms. The van der Waals surface area contributed by atoms with E-state index in [0.717, 1.165) is 6.61 Å². The molecule has 0 saturated heterocycles. The van der Waals surface area contributed by atoms with Crippen LogP contribution in [-0.2, 0) is 25.6 Å². The molecule has 0 N–H and O–H groups in total. The molecule has 0 radical (unpaired) electrons. The fourth-order valence-electron chi connectivity index (χ4n) is 0.741. The van der Waals surface area contributed by atoms with Crippen molar-refractivity contribution in [2.45, 2.75) is 53.8 Å². The van der Waals surface area contributed by atoms with Gasteiger partial charge in [0, 0.05) is 42.2 Å². The van der Waals surface area contributed by atoms with Crippen molar-refractivity contribution in [3.63, 3.8) is 0 Å². The van der Waals surface area contributed by atoms with Crippen molar-refractivity contribution in [1.82, 2.24) is 0 Å². The average Bonchev–Trinajstić information content (AvgIpc) is 2.58. The fraction of sp³-hybridized carbons (Fsp3) is 0.700. The Bertz CT molecular complexity index is 260. The van der Waals surface area contributed by atoms with Gasteiger partial charge < -0.3 is 18.9 Å². The summed E-state index contributed by atoms with van der Waals surface area (Å²) in [5.41, 5.74) is 1.22. The lowest BCUT2D eigenvalue weighted by molar-refractivity contribution is 0.134. The third-order valence-corrected chi connectivity index (χ3v) is 1.91. The molecule has 0 aliphatic heterocycles. The summed E-state index contributed by atoms with van der Waals surface area (Å²) in [6.45, 7) is 11.7. The summed E-state index contributed by atoms with van der Waals surface area (Å²) in [4.78, 5) is 0. The van der Waals surface area contributed by atoms with Gasteiger partial charge in [0.15, 0.2) is 0 Å². The number of hydrogen-bond donors (Lipinski definition) is 0. The third kappa shape index (κ3) is 49.7. The van der Waals surface area contributed by atoms with E-state index in [-0.39, 0.29) is 0 Å². The van der Waals surface area contributed by atoms with E-state index in [1.165, 1.54) is 12.0 Å². The first-order chi connectivity index (χ1) is 11.4. The second-order valence-electron chi connectivity index (χ2n) is 4.90. The Balaban J connectivity index is -0.000000115. The highest BCUT2D eigenvalue weighted by molar-refractivity contribution is 5.13. The summed E-state index contributed by atoms with van der Waals surface area (Å²) in [5.74, 6) is 0. The van der Waals surface area contributed by atoms with Gasteiger partial charge in [-0.25, -0.2) is 0 Å².